The molecule has 6 heteroatoms. The minimum atomic E-state index is -4.56. The SMILES string of the molecule is OCC1(NCCOC(F)(F)F)CC1. The van der Waals surface area contributed by atoms with E-state index >= 15 is 0 Å². The molecule has 0 amide bonds. The first-order valence-corrected chi connectivity index (χ1v) is 4.04. The molecule has 0 unspecified atom stereocenters. The van der Waals surface area contributed by atoms with Crippen LogP contribution in [-0.2, 0) is 4.74 Å². The van der Waals surface area contributed by atoms with E-state index in [-0.39, 0.29) is 18.7 Å². The van der Waals surface area contributed by atoms with Crippen molar-refractivity contribution in [1.29, 1.82) is 0 Å². The largest absolute Gasteiger partial charge is 0.522 e. The molecule has 1 fully saturated rings. The van der Waals surface area contributed by atoms with E-state index in [0.29, 0.717) is 0 Å². The summed E-state index contributed by atoms with van der Waals surface area (Å²) in [6.07, 6.45) is -2.93. The number of aliphatic hydroxyl groups excluding tert-OH is 1. The molecule has 1 aliphatic rings. The van der Waals surface area contributed by atoms with Gasteiger partial charge in [0.25, 0.3) is 0 Å². The summed E-state index contributed by atoms with van der Waals surface area (Å²) >= 11 is 0. The Labute approximate surface area is 73.9 Å². The average molecular weight is 199 g/mol. The van der Waals surface area contributed by atoms with Gasteiger partial charge in [-0.15, -0.1) is 13.2 Å². The number of aliphatic hydroxyl groups is 1. The smallest absolute Gasteiger partial charge is 0.394 e. The number of hydrogen-bond donors (Lipinski definition) is 2. The normalized spacial score (nSPS) is 20.3. The summed E-state index contributed by atoms with van der Waals surface area (Å²) in [6.45, 7) is -0.329. The van der Waals surface area contributed by atoms with Gasteiger partial charge in [-0.3, -0.25) is 4.74 Å². The van der Waals surface area contributed by atoms with Crippen LogP contribution in [0, 0.1) is 0 Å². The highest BCUT2D eigenvalue weighted by Crippen LogP contribution is 2.34. The van der Waals surface area contributed by atoms with E-state index in [9.17, 15) is 13.2 Å². The van der Waals surface area contributed by atoms with Crippen molar-refractivity contribution in [2.24, 2.45) is 0 Å². The van der Waals surface area contributed by atoms with Gasteiger partial charge in [0.2, 0.25) is 0 Å². The lowest BCUT2D eigenvalue weighted by molar-refractivity contribution is -0.323. The summed E-state index contributed by atoms with van der Waals surface area (Å²) in [5.41, 5.74) is -0.324. The molecule has 0 atom stereocenters. The maximum atomic E-state index is 11.5. The van der Waals surface area contributed by atoms with Crippen LogP contribution in [0.1, 0.15) is 12.8 Å². The quantitative estimate of drug-likeness (QED) is 0.638. The van der Waals surface area contributed by atoms with Crippen LogP contribution in [-0.4, -0.2) is 36.8 Å². The minimum Gasteiger partial charge on any atom is -0.394 e. The predicted octanol–water partition coefficient (Wildman–Crippen LogP) is 0.637. The standard InChI is InChI=1S/C7H12F3NO2/c8-7(9,10)13-4-3-11-6(5-12)1-2-6/h11-12H,1-5H2. The van der Waals surface area contributed by atoms with Crippen LogP contribution in [0.4, 0.5) is 13.2 Å². The van der Waals surface area contributed by atoms with E-state index in [1.165, 1.54) is 0 Å². The van der Waals surface area contributed by atoms with Crippen LogP contribution in [0.3, 0.4) is 0 Å². The highest BCUT2D eigenvalue weighted by Gasteiger charge is 2.41. The zero-order chi connectivity index (χ0) is 9.95. The third-order valence-corrected chi connectivity index (χ3v) is 2.02. The molecule has 0 aromatic heterocycles. The highest BCUT2D eigenvalue weighted by molar-refractivity contribution is 5.01. The first-order chi connectivity index (χ1) is 5.97. The van der Waals surface area contributed by atoms with Gasteiger partial charge in [-0.05, 0) is 12.8 Å². The number of ether oxygens (including phenoxy) is 1. The molecule has 3 nitrogen and oxygen atoms in total. The molecule has 13 heavy (non-hydrogen) atoms. The van der Waals surface area contributed by atoms with Crippen molar-refractivity contribution in [2.45, 2.75) is 24.7 Å². The summed E-state index contributed by atoms with van der Waals surface area (Å²) < 4.78 is 38.0. The fourth-order valence-corrected chi connectivity index (χ4v) is 1.02. The van der Waals surface area contributed by atoms with Crippen LogP contribution in [0.15, 0.2) is 0 Å². The second-order valence-corrected chi connectivity index (χ2v) is 3.16. The number of alkyl halides is 3. The topological polar surface area (TPSA) is 41.5 Å². The Bertz CT molecular complexity index is 168. The molecule has 0 bridgehead atoms. The molecule has 0 aliphatic heterocycles. The maximum absolute atomic E-state index is 11.5. The number of nitrogens with one attached hydrogen (secondary N) is 1. The summed E-state index contributed by atoms with van der Waals surface area (Å²) in [4.78, 5) is 0. The molecule has 78 valence electrons. The Hall–Kier alpha value is -0.330. The molecule has 0 heterocycles. The number of halogens is 3. The minimum absolute atomic E-state index is 0.0288. The van der Waals surface area contributed by atoms with Crippen LogP contribution in [0.25, 0.3) is 0 Å². The number of hydrogen-bond acceptors (Lipinski definition) is 3. The summed E-state index contributed by atoms with van der Waals surface area (Å²) in [5.74, 6) is 0. The van der Waals surface area contributed by atoms with Gasteiger partial charge < -0.3 is 10.4 Å². The van der Waals surface area contributed by atoms with Crippen LogP contribution >= 0.6 is 0 Å². The van der Waals surface area contributed by atoms with Crippen LogP contribution < -0.4 is 5.32 Å². The van der Waals surface area contributed by atoms with Gasteiger partial charge in [0, 0.05) is 12.1 Å². The van der Waals surface area contributed by atoms with Crippen LogP contribution in [0.5, 0.6) is 0 Å². The van der Waals surface area contributed by atoms with E-state index < -0.39 is 13.0 Å². The van der Waals surface area contributed by atoms with Crippen molar-refractivity contribution in [1.82, 2.24) is 5.32 Å². The number of rotatable bonds is 5. The Morgan fingerprint density at radius 1 is 1.38 bits per heavy atom. The predicted molar refractivity (Wildman–Crippen MR) is 39.1 cm³/mol. The van der Waals surface area contributed by atoms with Gasteiger partial charge in [0.1, 0.15) is 0 Å². The lowest BCUT2D eigenvalue weighted by Crippen LogP contribution is -2.37. The molecule has 0 aromatic carbocycles. The van der Waals surface area contributed by atoms with Crippen molar-refractivity contribution in [3.8, 4) is 0 Å². The van der Waals surface area contributed by atoms with Gasteiger partial charge in [-0.2, -0.15) is 0 Å². The van der Waals surface area contributed by atoms with E-state index in [1.54, 1.807) is 0 Å². The first kappa shape index (κ1) is 10.7. The zero-order valence-electron chi connectivity index (χ0n) is 7.02. The van der Waals surface area contributed by atoms with Crippen molar-refractivity contribution < 1.29 is 23.0 Å². The van der Waals surface area contributed by atoms with Gasteiger partial charge >= 0.3 is 6.36 Å². The van der Waals surface area contributed by atoms with Crippen molar-refractivity contribution in [3.05, 3.63) is 0 Å². The molecule has 1 rings (SSSR count). The van der Waals surface area contributed by atoms with Crippen LogP contribution in [0.2, 0.25) is 0 Å². The van der Waals surface area contributed by atoms with Gasteiger partial charge in [-0.1, -0.05) is 0 Å². The Morgan fingerprint density at radius 3 is 2.38 bits per heavy atom. The molecule has 0 aromatic rings. The van der Waals surface area contributed by atoms with Gasteiger partial charge in [0.05, 0.1) is 13.2 Å². The Balaban J connectivity index is 2.02. The fourth-order valence-electron chi connectivity index (χ4n) is 1.02. The molecular formula is C7H12F3NO2. The van der Waals surface area contributed by atoms with Crippen molar-refractivity contribution in [2.75, 3.05) is 19.8 Å². The second kappa shape index (κ2) is 3.81. The van der Waals surface area contributed by atoms with Gasteiger partial charge in [-0.25, -0.2) is 0 Å². The Kier molecular flexibility index (Phi) is 3.15. The lowest BCUT2D eigenvalue weighted by Gasteiger charge is -2.14. The molecule has 0 spiro atoms. The van der Waals surface area contributed by atoms with Crippen molar-refractivity contribution in [3.63, 3.8) is 0 Å². The second-order valence-electron chi connectivity index (χ2n) is 3.16. The third kappa shape index (κ3) is 3.93. The monoisotopic (exact) mass is 199 g/mol. The summed E-state index contributed by atoms with van der Waals surface area (Å²) in [6, 6.07) is 0. The van der Waals surface area contributed by atoms with E-state index in [0.717, 1.165) is 12.8 Å². The van der Waals surface area contributed by atoms with E-state index in [2.05, 4.69) is 10.1 Å². The van der Waals surface area contributed by atoms with Crippen molar-refractivity contribution >= 4 is 0 Å². The molecule has 0 saturated heterocycles. The fraction of sp³-hybridized carbons (Fsp3) is 1.00. The highest BCUT2D eigenvalue weighted by atomic mass is 19.4. The molecule has 1 saturated carbocycles. The summed E-state index contributed by atoms with van der Waals surface area (Å²) in [7, 11) is 0. The summed E-state index contributed by atoms with van der Waals surface area (Å²) in [5, 5.41) is 11.6. The Morgan fingerprint density at radius 2 is 2.00 bits per heavy atom. The molecular weight excluding hydrogens is 187 g/mol. The molecule has 2 N–H and O–H groups in total. The zero-order valence-corrected chi connectivity index (χ0v) is 7.02. The lowest BCUT2D eigenvalue weighted by atomic mass is 10.3. The van der Waals surface area contributed by atoms with E-state index in [1.807, 2.05) is 0 Å². The first-order valence-electron chi connectivity index (χ1n) is 4.04. The third-order valence-electron chi connectivity index (χ3n) is 2.02. The van der Waals surface area contributed by atoms with Gasteiger partial charge in [0.15, 0.2) is 0 Å². The molecule has 0 radical (unpaired) electrons. The van der Waals surface area contributed by atoms with E-state index in [4.69, 9.17) is 5.11 Å². The average Bonchev–Trinajstić information content (AvgIpc) is 2.78. The maximum Gasteiger partial charge on any atom is 0.522 e. The molecule has 1 aliphatic carbocycles.